The maximum atomic E-state index is 10.4. The average Bonchev–Trinajstić information content (AvgIpc) is 0.709. The summed E-state index contributed by atoms with van der Waals surface area (Å²) < 4.78 is 129. The molecule has 19 nitrogen and oxygen atoms in total. The van der Waals surface area contributed by atoms with Crippen LogP contribution in [0.15, 0.2) is 316 Å². The van der Waals surface area contributed by atoms with Crippen LogP contribution in [0, 0.1) is 0 Å². The van der Waals surface area contributed by atoms with Gasteiger partial charge < -0.3 is 78.9 Å². The average molecular weight is 2120 g/mol. The van der Waals surface area contributed by atoms with Crippen LogP contribution in [-0.4, -0.2) is 177 Å². The van der Waals surface area contributed by atoms with E-state index in [4.69, 9.17) is 74.1 Å². The van der Waals surface area contributed by atoms with Gasteiger partial charge >= 0.3 is 146 Å². The zero-order chi connectivity index (χ0) is 96.7. The van der Waals surface area contributed by atoms with Gasteiger partial charge in [-0.15, -0.1) is 6.58 Å². The summed E-state index contributed by atoms with van der Waals surface area (Å²) in [7, 11) is -58.1. The zero-order valence-corrected chi connectivity index (χ0v) is 103. The Morgan fingerprint density at radius 3 is 0.542 bits per heavy atom. The van der Waals surface area contributed by atoms with E-state index in [1.165, 1.54) is 0 Å². The molecular weight excluding hydrogens is 1970 g/mol. The molecule has 0 amide bonds. The van der Waals surface area contributed by atoms with Crippen molar-refractivity contribution in [2.45, 2.75) is 196 Å². The Balaban J connectivity index is 0.000000310. The number of rotatable bonds is 47. The second-order valence-corrected chi connectivity index (χ2v) is 108. The molecule has 0 saturated heterocycles. The molecule has 0 atom stereocenters. The minimum atomic E-state index is -4.33. The van der Waals surface area contributed by atoms with Crippen LogP contribution in [0.2, 0.25) is 196 Å². The third-order valence-electron chi connectivity index (χ3n) is 19.9. The first-order valence-corrected chi connectivity index (χ1v) is 96.5. The molecule has 39 heteroatoms. The van der Waals surface area contributed by atoms with Crippen molar-refractivity contribution >= 4 is 224 Å². The molecule has 1 N–H and O–H groups in total. The lowest BCUT2D eigenvalue weighted by molar-refractivity contribution is 0.250. The van der Waals surface area contributed by atoms with E-state index in [-0.39, 0.29) is 0 Å². The molecule has 0 unspecified atom stereocenters. The topological polar surface area (TPSA) is 186 Å². The highest BCUT2D eigenvalue weighted by Crippen LogP contribution is 2.36. The third kappa shape index (κ3) is 33.1. The Bertz CT molecular complexity index is 4970. The first-order valence-electron chi connectivity index (χ1n) is 45.2. The standard InChI is InChI=1S/C64H60O5Si6.C28H86O14Si14/c1-4-71(2,3)66-73(59-43-23-9-24-44-59,60-45-25-10-26-46-60)68-75(63-51-31-13-32-52-63,64-53-33-14-34-54-64)69-74(61-47-27-11-28-48-61,62-49-29-12-30-50-62)67-72(57-39-19-7-20-40-57,58-41-21-8-22-42-58)65-70(55-35-15-5-16-36-55)56-37-17-6-18-38-56;1-43(2)30-45(5,6)32-47(9,10)34-49(13,14)36-51(17,18)38-53(21,22)40-55(25,26)42-56(27,28)41-54(23,24)39-52(19,20)37-50(15,16)35-48(11,12)33-46(7,8)31-44(3,4)29/h4-54,70H,1H2,2-3H3;29,43H,1-28H3. The van der Waals surface area contributed by atoms with Crippen LogP contribution in [0.3, 0.4) is 0 Å². The Kier molecular flexibility index (Phi) is 37.6. The lowest BCUT2D eigenvalue weighted by Crippen LogP contribution is -2.83. The molecule has 10 aromatic carbocycles. The molecule has 0 bridgehead atoms. The lowest BCUT2D eigenvalue weighted by atomic mass is 10.4. The molecular formula is C92H146O19Si20. The monoisotopic (exact) mass is 2110 g/mol. The maximum Gasteiger partial charge on any atom is 0.390 e. The van der Waals surface area contributed by atoms with Gasteiger partial charge in [-0.1, -0.05) is 309 Å². The summed E-state index contributed by atoms with van der Waals surface area (Å²) in [6.45, 7) is 65.6. The van der Waals surface area contributed by atoms with Crippen LogP contribution in [0.1, 0.15) is 0 Å². The summed E-state index contributed by atoms with van der Waals surface area (Å²) >= 11 is 0. The molecule has 0 heterocycles. The predicted octanol–water partition coefficient (Wildman–Crippen LogP) is 16.9. The summed E-state index contributed by atoms with van der Waals surface area (Å²) in [4.78, 5) is 10.4. The van der Waals surface area contributed by atoms with E-state index in [1.807, 2.05) is 84.3 Å². The summed E-state index contributed by atoms with van der Waals surface area (Å²) in [5, 5.41) is 9.72. The molecule has 10 aromatic rings. The first-order chi connectivity index (χ1) is 60.7. The highest BCUT2D eigenvalue weighted by molar-refractivity contribution is 7.14. The fraction of sp³-hybridized carbons (Fsp3) is 0.326. The van der Waals surface area contributed by atoms with Gasteiger partial charge in [0.15, 0.2) is 9.04 Å². The highest BCUT2D eigenvalue weighted by Gasteiger charge is 2.65. The normalized spacial score (nSPS) is 13.9. The molecule has 0 saturated carbocycles. The molecule has 0 fully saturated rings. The Morgan fingerprint density at radius 2 is 0.359 bits per heavy atom. The van der Waals surface area contributed by atoms with Crippen LogP contribution < -0.4 is 51.9 Å². The molecule has 0 aromatic heterocycles. The van der Waals surface area contributed by atoms with Crippen molar-refractivity contribution in [3.05, 3.63) is 316 Å². The lowest BCUT2D eigenvalue weighted by Gasteiger charge is -2.49. The molecule has 10 rings (SSSR count). The van der Waals surface area contributed by atoms with Crippen molar-refractivity contribution in [3.8, 4) is 0 Å². The van der Waals surface area contributed by atoms with Gasteiger partial charge in [0, 0.05) is 0 Å². The largest absolute Gasteiger partial charge is 0.440 e. The second-order valence-electron chi connectivity index (χ2n) is 39.6. The first kappa shape index (κ1) is 110. The van der Waals surface area contributed by atoms with Crippen molar-refractivity contribution in [2.24, 2.45) is 0 Å². The number of hydrogen-bond acceptors (Lipinski definition) is 19. The predicted molar refractivity (Wildman–Crippen MR) is 586 cm³/mol. The quantitative estimate of drug-likeness (QED) is 0.0355. The van der Waals surface area contributed by atoms with Gasteiger partial charge in [-0.05, 0) is 248 Å². The summed E-state index contributed by atoms with van der Waals surface area (Å²) in [5.74, 6) is 0. The molecule has 0 spiro atoms. The summed E-state index contributed by atoms with van der Waals surface area (Å²) in [5.41, 5.74) is 2.01. The molecule has 708 valence electrons. The van der Waals surface area contributed by atoms with Crippen LogP contribution in [0.25, 0.3) is 0 Å². The van der Waals surface area contributed by atoms with Gasteiger partial charge in [0.1, 0.15) is 0 Å². The van der Waals surface area contributed by atoms with Gasteiger partial charge in [0.05, 0.1) is 0 Å². The SMILES string of the molecule is C=C[Si](C)(C)O[Si](O[Si](O[Si](O[Si](O[SiH](c1ccccc1)c1ccccc1)(c1ccccc1)c1ccccc1)(c1ccccc1)c1ccccc1)(c1ccccc1)c1ccccc1)(c1ccccc1)c1ccccc1.C[SiH](C)O[Si](C)(C)O[Si](C)(C)O[Si](C)(C)O[Si](C)(C)O[Si](C)(C)O[Si](C)(C)O[Si](C)(C)O[Si](C)(C)O[Si](C)(C)O[Si](C)(C)O[Si](C)(C)O[Si](C)(C)O[Si](C)(C)O. The van der Waals surface area contributed by atoms with E-state index in [2.05, 4.69) is 415 Å². The maximum absolute atomic E-state index is 10.4. The van der Waals surface area contributed by atoms with E-state index in [9.17, 15) is 4.80 Å². The van der Waals surface area contributed by atoms with Gasteiger partial charge in [0.25, 0.3) is 0 Å². The molecule has 0 radical (unpaired) electrons. The number of hydrogen-bond donors (Lipinski definition) is 1. The van der Waals surface area contributed by atoms with Crippen molar-refractivity contribution in [2.75, 3.05) is 0 Å². The van der Waals surface area contributed by atoms with Crippen LogP contribution >= 0.6 is 0 Å². The fourth-order valence-corrected chi connectivity index (χ4v) is 114. The van der Waals surface area contributed by atoms with Gasteiger partial charge in [-0.3, -0.25) is 0 Å². The molecule has 0 aliphatic heterocycles. The molecule has 0 aliphatic rings. The Labute approximate surface area is 807 Å². The van der Waals surface area contributed by atoms with Gasteiger partial charge in [0.2, 0.25) is 17.4 Å². The van der Waals surface area contributed by atoms with E-state index in [1.54, 1.807) is 13.1 Å². The van der Waals surface area contributed by atoms with Crippen LogP contribution in [0.5, 0.6) is 0 Å². The fourth-order valence-electron chi connectivity index (χ4n) is 17.7. The van der Waals surface area contributed by atoms with Crippen LogP contribution in [-0.2, 0) is 74.1 Å². The Morgan fingerprint density at radius 1 is 0.198 bits per heavy atom. The van der Waals surface area contributed by atoms with Crippen molar-refractivity contribution in [1.29, 1.82) is 0 Å². The smallest absolute Gasteiger partial charge is 0.390 e. The Hall–Kier alpha value is -4.48. The minimum Gasteiger partial charge on any atom is -0.440 e. The van der Waals surface area contributed by atoms with E-state index in [0.29, 0.717) is 0 Å². The van der Waals surface area contributed by atoms with E-state index >= 15 is 0 Å². The summed E-state index contributed by atoms with van der Waals surface area (Å²) in [6, 6.07) is 106. The van der Waals surface area contributed by atoms with Crippen molar-refractivity contribution in [3.63, 3.8) is 0 Å². The minimum absolute atomic E-state index is 0.905. The highest BCUT2D eigenvalue weighted by atomic mass is 28.5. The third-order valence-corrected chi connectivity index (χ3v) is 95.4. The van der Waals surface area contributed by atoms with Gasteiger partial charge in [-0.25, -0.2) is 0 Å². The zero-order valence-electron chi connectivity index (χ0n) is 83.1. The van der Waals surface area contributed by atoms with Gasteiger partial charge in [-0.2, -0.15) is 0 Å². The van der Waals surface area contributed by atoms with Crippen molar-refractivity contribution in [1.82, 2.24) is 0 Å². The van der Waals surface area contributed by atoms with Crippen LogP contribution in [0.4, 0.5) is 0 Å². The summed E-state index contributed by atoms with van der Waals surface area (Å²) in [6.07, 6.45) is 0. The number of benzene rings is 10. The van der Waals surface area contributed by atoms with E-state index in [0.717, 1.165) is 51.9 Å². The molecule has 131 heavy (non-hydrogen) atoms. The van der Waals surface area contributed by atoms with Crippen molar-refractivity contribution < 1.29 is 78.9 Å². The second kappa shape index (κ2) is 44.8. The molecule has 0 aliphatic carbocycles. The van der Waals surface area contributed by atoms with E-state index < -0.39 is 172 Å².